The van der Waals surface area contributed by atoms with Crippen molar-refractivity contribution in [3.8, 4) is 0 Å². The molecule has 0 saturated carbocycles. The number of benzene rings is 4. The number of furan rings is 1. The lowest BCUT2D eigenvalue weighted by atomic mass is 10.1. The van der Waals surface area contributed by atoms with Gasteiger partial charge in [0.25, 0.3) is 0 Å². The predicted octanol–water partition coefficient (Wildman–Crippen LogP) is 15.3. The molecule has 4 aromatic carbocycles. The molecule has 0 fully saturated rings. The van der Waals surface area contributed by atoms with E-state index in [4.69, 9.17) is 4.42 Å². The van der Waals surface area contributed by atoms with Gasteiger partial charge in [-0.25, -0.2) is 0 Å². The highest BCUT2D eigenvalue weighted by Crippen LogP contribution is 2.42. The van der Waals surface area contributed by atoms with Gasteiger partial charge in [0.15, 0.2) is 0 Å². The third-order valence-corrected chi connectivity index (χ3v) is 4.65. The van der Waals surface area contributed by atoms with Crippen molar-refractivity contribution < 1.29 is 4.42 Å². The lowest BCUT2D eigenvalue weighted by molar-refractivity contribution is 0.669. The molecule has 1 heterocycles. The fraction of sp³-hybridized carbons (Fsp3) is 0.400. The molecule has 2 heteroatoms. The summed E-state index contributed by atoms with van der Waals surface area (Å²) in [7, 11) is 0. The fourth-order valence-electron chi connectivity index (χ4n) is 3.52. The van der Waals surface area contributed by atoms with Crippen LogP contribution in [0.1, 0.15) is 111 Å². The SMILES string of the molecule is CC.CC.CC.CC.CC.CC.CC.CC.c1ccc(N(c2ccccc2)c2cccc3oc4ccccc4c23)cc1. The van der Waals surface area contributed by atoms with Crippen molar-refractivity contribution in [1.29, 1.82) is 0 Å². The van der Waals surface area contributed by atoms with E-state index in [0.717, 1.165) is 39.0 Å². The summed E-state index contributed by atoms with van der Waals surface area (Å²) in [5.74, 6) is 0. The summed E-state index contributed by atoms with van der Waals surface area (Å²) < 4.78 is 6.09. The van der Waals surface area contributed by atoms with Gasteiger partial charge in [-0.3, -0.25) is 0 Å². The Labute approximate surface area is 261 Å². The summed E-state index contributed by atoms with van der Waals surface area (Å²) in [6, 6.07) is 35.4. The van der Waals surface area contributed by atoms with Gasteiger partial charge in [-0.05, 0) is 42.5 Å². The topological polar surface area (TPSA) is 16.4 Å². The summed E-state index contributed by atoms with van der Waals surface area (Å²) >= 11 is 0. The Hall–Kier alpha value is -3.52. The second-order valence-corrected chi connectivity index (χ2v) is 6.26. The van der Waals surface area contributed by atoms with E-state index in [2.05, 4.69) is 77.7 Å². The van der Waals surface area contributed by atoms with Crippen molar-refractivity contribution in [2.24, 2.45) is 0 Å². The van der Waals surface area contributed by atoms with Crippen LogP contribution in [0.5, 0.6) is 0 Å². The quantitative estimate of drug-likeness (QED) is 0.213. The summed E-state index contributed by atoms with van der Waals surface area (Å²) in [5.41, 5.74) is 5.18. The van der Waals surface area contributed by atoms with Gasteiger partial charge < -0.3 is 9.32 Å². The van der Waals surface area contributed by atoms with Gasteiger partial charge >= 0.3 is 0 Å². The molecule has 5 aromatic rings. The minimum absolute atomic E-state index is 0.903. The summed E-state index contributed by atoms with van der Waals surface area (Å²) in [6.45, 7) is 32.0. The molecule has 5 rings (SSSR count). The van der Waals surface area contributed by atoms with E-state index in [9.17, 15) is 0 Å². The van der Waals surface area contributed by atoms with Crippen LogP contribution < -0.4 is 4.90 Å². The van der Waals surface area contributed by atoms with E-state index in [1.165, 1.54) is 0 Å². The van der Waals surface area contributed by atoms with Gasteiger partial charge in [0.1, 0.15) is 11.2 Å². The molecule has 0 atom stereocenters. The Morgan fingerprint density at radius 3 is 1.14 bits per heavy atom. The van der Waals surface area contributed by atoms with E-state index in [1.54, 1.807) is 0 Å². The Morgan fingerprint density at radius 1 is 0.357 bits per heavy atom. The molecule has 2 nitrogen and oxygen atoms in total. The average molecular weight is 576 g/mol. The summed E-state index contributed by atoms with van der Waals surface area (Å²) in [5, 5.41) is 2.27. The highest BCUT2D eigenvalue weighted by atomic mass is 16.3. The summed E-state index contributed by atoms with van der Waals surface area (Å²) in [6.07, 6.45) is 0. The van der Waals surface area contributed by atoms with Gasteiger partial charge in [0, 0.05) is 16.8 Å². The zero-order valence-electron chi connectivity index (χ0n) is 30.2. The fourth-order valence-corrected chi connectivity index (χ4v) is 3.52. The molecule has 0 aliphatic carbocycles. The number of hydrogen-bond acceptors (Lipinski definition) is 2. The standard InChI is InChI=1S/C24H17NO.8C2H6/c1-3-10-18(11-4-1)25(19-12-5-2-6-13-19)21-15-9-17-23-24(21)20-14-7-8-16-22(20)26-23;8*1-2/h1-17H;8*1-2H3. The zero-order valence-corrected chi connectivity index (χ0v) is 30.2. The number of nitrogens with zero attached hydrogens (tertiary/aromatic N) is 1. The van der Waals surface area contributed by atoms with Crippen LogP contribution in [0.25, 0.3) is 21.9 Å². The first-order chi connectivity index (χ1) is 20.9. The van der Waals surface area contributed by atoms with Crippen LogP contribution in [-0.4, -0.2) is 0 Å². The van der Waals surface area contributed by atoms with Gasteiger partial charge in [-0.2, -0.15) is 0 Å². The highest BCUT2D eigenvalue weighted by Gasteiger charge is 2.18. The number of anilines is 3. The van der Waals surface area contributed by atoms with E-state index >= 15 is 0 Å². The molecule has 0 amide bonds. The van der Waals surface area contributed by atoms with Crippen molar-refractivity contribution in [3.05, 3.63) is 103 Å². The van der Waals surface area contributed by atoms with E-state index in [1.807, 2.05) is 141 Å². The number of fused-ring (bicyclic) bond motifs is 3. The zero-order chi connectivity index (χ0) is 33.3. The molecule has 0 saturated heterocycles. The molecule has 0 aliphatic rings. The maximum atomic E-state index is 6.09. The Kier molecular flexibility index (Phi) is 36.5. The Morgan fingerprint density at radius 2 is 0.714 bits per heavy atom. The predicted molar refractivity (Wildman–Crippen MR) is 199 cm³/mol. The molecule has 1 aromatic heterocycles. The first-order valence-corrected chi connectivity index (χ1v) is 16.7. The largest absolute Gasteiger partial charge is 0.456 e. The van der Waals surface area contributed by atoms with E-state index in [0.29, 0.717) is 0 Å². The molecule has 236 valence electrons. The number of para-hydroxylation sites is 3. The van der Waals surface area contributed by atoms with Crippen LogP contribution in [0.2, 0.25) is 0 Å². The number of hydrogen-bond donors (Lipinski definition) is 0. The molecule has 0 N–H and O–H groups in total. The van der Waals surface area contributed by atoms with Crippen LogP contribution in [0.15, 0.2) is 108 Å². The first-order valence-electron chi connectivity index (χ1n) is 16.7. The maximum absolute atomic E-state index is 6.09. The molecular weight excluding hydrogens is 510 g/mol. The van der Waals surface area contributed by atoms with Gasteiger partial charge in [-0.1, -0.05) is 171 Å². The first kappa shape index (κ1) is 45.5. The molecule has 0 radical (unpaired) electrons. The second-order valence-electron chi connectivity index (χ2n) is 6.26. The smallest absolute Gasteiger partial charge is 0.137 e. The number of rotatable bonds is 3. The van der Waals surface area contributed by atoms with E-state index in [-0.39, 0.29) is 0 Å². The van der Waals surface area contributed by atoms with Crippen LogP contribution >= 0.6 is 0 Å². The van der Waals surface area contributed by atoms with Crippen molar-refractivity contribution in [1.82, 2.24) is 0 Å². The lowest BCUT2D eigenvalue weighted by Gasteiger charge is -2.26. The maximum Gasteiger partial charge on any atom is 0.137 e. The molecule has 42 heavy (non-hydrogen) atoms. The molecule has 0 unspecified atom stereocenters. The van der Waals surface area contributed by atoms with Crippen LogP contribution in [0, 0.1) is 0 Å². The highest BCUT2D eigenvalue weighted by molar-refractivity contribution is 6.13. The van der Waals surface area contributed by atoms with Crippen LogP contribution in [0.3, 0.4) is 0 Å². The van der Waals surface area contributed by atoms with Crippen molar-refractivity contribution in [3.63, 3.8) is 0 Å². The Balaban J connectivity index is -0.000000394. The lowest BCUT2D eigenvalue weighted by Crippen LogP contribution is -2.09. The van der Waals surface area contributed by atoms with Gasteiger partial charge in [-0.15, -0.1) is 0 Å². The molecule has 0 aliphatic heterocycles. The van der Waals surface area contributed by atoms with Gasteiger partial charge in [0.05, 0.1) is 11.1 Å². The van der Waals surface area contributed by atoms with Crippen LogP contribution in [0.4, 0.5) is 17.1 Å². The molecule has 0 bridgehead atoms. The minimum Gasteiger partial charge on any atom is -0.456 e. The van der Waals surface area contributed by atoms with E-state index < -0.39 is 0 Å². The third kappa shape index (κ3) is 13.9. The monoisotopic (exact) mass is 576 g/mol. The molecule has 0 spiro atoms. The van der Waals surface area contributed by atoms with Crippen molar-refractivity contribution in [2.75, 3.05) is 4.90 Å². The van der Waals surface area contributed by atoms with Gasteiger partial charge in [0.2, 0.25) is 0 Å². The van der Waals surface area contributed by atoms with Crippen LogP contribution in [-0.2, 0) is 0 Å². The minimum atomic E-state index is 0.903. The summed E-state index contributed by atoms with van der Waals surface area (Å²) in [4.78, 5) is 2.28. The van der Waals surface area contributed by atoms with Crippen molar-refractivity contribution >= 4 is 39.0 Å². The molecular formula is C40H65NO. The van der Waals surface area contributed by atoms with Crippen molar-refractivity contribution in [2.45, 2.75) is 111 Å². The average Bonchev–Trinajstić information content (AvgIpc) is 3.52. The third-order valence-electron chi connectivity index (χ3n) is 4.65. The Bertz CT molecular complexity index is 1140. The second kappa shape index (κ2) is 33.7. The normalized spacial score (nSPS) is 8.00.